The van der Waals surface area contributed by atoms with Crippen LogP contribution in [0, 0.1) is 13.8 Å². The molecule has 0 bridgehead atoms. The highest BCUT2D eigenvalue weighted by Crippen LogP contribution is 2.31. The van der Waals surface area contributed by atoms with E-state index in [0.717, 1.165) is 47.4 Å². The van der Waals surface area contributed by atoms with Crippen molar-refractivity contribution in [3.05, 3.63) is 83.0 Å². The van der Waals surface area contributed by atoms with Crippen LogP contribution in [0.25, 0.3) is 11.1 Å². The fourth-order valence-corrected chi connectivity index (χ4v) is 4.34. The lowest BCUT2D eigenvalue weighted by Gasteiger charge is -2.34. The first kappa shape index (κ1) is 22.8. The van der Waals surface area contributed by atoms with Crippen molar-refractivity contribution in [2.24, 2.45) is 0 Å². The van der Waals surface area contributed by atoms with Crippen LogP contribution < -0.4 is 5.32 Å². The lowest BCUT2D eigenvalue weighted by Crippen LogP contribution is -2.45. The topological polar surface area (TPSA) is 45.2 Å². The van der Waals surface area contributed by atoms with Gasteiger partial charge >= 0.3 is 6.18 Å². The molecule has 1 aliphatic heterocycles. The van der Waals surface area contributed by atoms with Crippen molar-refractivity contribution in [1.82, 2.24) is 9.88 Å². The van der Waals surface area contributed by atoms with Gasteiger partial charge in [-0.1, -0.05) is 42.5 Å². The van der Waals surface area contributed by atoms with Crippen molar-refractivity contribution in [3.8, 4) is 11.1 Å². The number of nitrogens with zero attached hydrogens (tertiary/aromatic N) is 2. The molecule has 0 spiro atoms. The molecular weight excluding hydrogens is 427 g/mol. The van der Waals surface area contributed by atoms with E-state index in [4.69, 9.17) is 0 Å². The molecule has 1 saturated heterocycles. The van der Waals surface area contributed by atoms with Crippen molar-refractivity contribution in [3.63, 3.8) is 0 Å². The summed E-state index contributed by atoms with van der Waals surface area (Å²) in [6, 6.07) is 16.2. The first-order valence-corrected chi connectivity index (χ1v) is 11.0. The van der Waals surface area contributed by atoms with Crippen LogP contribution in [0.4, 0.5) is 19.0 Å². The smallest absolute Gasteiger partial charge is 0.366 e. The fourth-order valence-electron chi connectivity index (χ4n) is 4.34. The highest BCUT2D eigenvalue weighted by atomic mass is 19.4. The molecule has 1 fully saturated rings. The first-order chi connectivity index (χ1) is 15.7. The van der Waals surface area contributed by atoms with E-state index in [9.17, 15) is 18.0 Å². The number of likely N-dealkylation sites (tertiary alicyclic amines) is 1. The number of nitrogens with one attached hydrogen (secondary N) is 1. The van der Waals surface area contributed by atoms with Crippen LogP contribution >= 0.6 is 0 Å². The maximum Gasteiger partial charge on any atom is 0.417 e. The summed E-state index contributed by atoms with van der Waals surface area (Å²) in [4.78, 5) is 19.4. The third-order valence-electron chi connectivity index (χ3n) is 6.07. The van der Waals surface area contributed by atoms with Crippen LogP contribution in [-0.2, 0) is 6.18 Å². The summed E-state index contributed by atoms with van der Waals surface area (Å²) in [5.74, 6) is 0.344. The van der Waals surface area contributed by atoms with Crippen molar-refractivity contribution in [2.75, 3.05) is 18.4 Å². The van der Waals surface area contributed by atoms with Gasteiger partial charge in [0.1, 0.15) is 5.82 Å². The van der Waals surface area contributed by atoms with Gasteiger partial charge in [-0.15, -0.1) is 0 Å². The molecule has 4 nitrogen and oxygen atoms in total. The molecule has 0 saturated carbocycles. The van der Waals surface area contributed by atoms with E-state index in [0.29, 0.717) is 24.5 Å². The average Bonchev–Trinajstić information content (AvgIpc) is 2.79. The lowest BCUT2D eigenvalue weighted by atomic mass is 9.92. The maximum atomic E-state index is 13.6. The minimum Gasteiger partial charge on any atom is -0.366 e. The van der Waals surface area contributed by atoms with Crippen molar-refractivity contribution < 1.29 is 18.0 Å². The lowest BCUT2D eigenvalue weighted by molar-refractivity contribution is -0.137. The van der Waals surface area contributed by atoms with Crippen molar-refractivity contribution >= 4 is 11.7 Å². The molecule has 1 aliphatic rings. The van der Waals surface area contributed by atoms with E-state index in [1.165, 1.54) is 6.07 Å². The van der Waals surface area contributed by atoms with Gasteiger partial charge in [-0.2, -0.15) is 13.2 Å². The standard InChI is InChI=1S/C26H26F3N3O/c1-17-7-3-4-10-21(17)22-11-5-8-18(2)24(22)25(33)32-14-6-9-20(16-32)31-23-13-12-19(15-30-23)26(27,28)29/h3-5,7-8,10-13,15,20H,6,9,14,16H2,1-2H3,(H,30,31). The average molecular weight is 454 g/mol. The number of aromatic nitrogens is 1. The Morgan fingerprint density at radius 2 is 1.73 bits per heavy atom. The molecule has 1 aromatic heterocycles. The number of amides is 1. The second-order valence-corrected chi connectivity index (χ2v) is 8.48. The molecule has 4 rings (SSSR count). The summed E-state index contributed by atoms with van der Waals surface area (Å²) < 4.78 is 38.4. The van der Waals surface area contributed by atoms with Gasteiger partial charge in [0.2, 0.25) is 0 Å². The predicted molar refractivity (Wildman–Crippen MR) is 123 cm³/mol. The first-order valence-electron chi connectivity index (χ1n) is 11.0. The van der Waals surface area contributed by atoms with Gasteiger partial charge in [-0.05, 0) is 61.1 Å². The molecule has 2 heterocycles. The van der Waals surface area contributed by atoms with Crippen LogP contribution in [0.15, 0.2) is 60.8 Å². The third-order valence-corrected chi connectivity index (χ3v) is 6.07. The van der Waals surface area contributed by atoms with Gasteiger partial charge in [0.25, 0.3) is 5.91 Å². The Kier molecular flexibility index (Phi) is 6.40. The van der Waals surface area contributed by atoms with E-state index >= 15 is 0 Å². The third kappa shape index (κ3) is 5.02. The normalized spacial score (nSPS) is 16.5. The van der Waals surface area contributed by atoms with Gasteiger partial charge < -0.3 is 10.2 Å². The Hall–Kier alpha value is -3.35. The van der Waals surface area contributed by atoms with E-state index in [1.54, 1.807) is 0 Å². The van der Waals surface area contributed by atoms with Gasteiger partial charge in [0.05, 0.1) is 11.1 Å². The Labute approximate surface area is 191 Å². The number of piperidine rings is 1. The van der Waals surface area contributed by atoms with Crippen LogP contribution in [0.5, 0.6) is 0 Å². The Balaban J connectivity index is 1.54. The molecule has 1 atom stereocenters. The molecule has 33 heavy (non-hydrogen) atoms. The van der Waals surface area contributed by atoms with Crippen LogP contribution in [0.2, 0.25) is 0 Å². The Morgan fingerprint density at radius 3 is 2.42 bits per heavy atom. The highest BCUT2D eigenvalue weighted by molar-refractivity contribution is 6.02. The number of rotatable bonds is 4. The summed E-state index contributed by atoms with van der Waals surface area (Å²) in [6.07, 6.45) is -1.97. The van der Waals surface area contributed by atoms with Gasteiger partial charge in [0, 0.05) is 25.3 Å². The van der Waals surface area contributed by atoms with Gasteiger partial charge in [-0.25, -0.2) is 4.98 Å². The minimum atomic E-state index is -4.41. The van der Waals surface area contributed by atoms with E-state index < -0.39 is 11.7 Å². The summed E-state index contributed by atoms with van der Waals surface area (Å²) in [5.41, 5.74) is 3.88. The molecule has 2 aromatic carbocycles. The number of hydrogen-bond acceptors (Lipinski definition) is 3. The molecule has 7 heteroatoms. The molecular formula is C26H26F3N3O. The number of carbonyl (C=O) groups excluding carboxylic acids is 1. The number of carbonyl (C=O) groups is 1. The maximum absolute atomic E-state index is 13.6. The zero-order valence-corrected chi connectivity index (χ0v) is 18.6. The number of benzene rings is 2. The number of alkyl halides is 3. The summed E-state index contributed by atoms with van der Waals surface area (Å²) in [7, 11) is 0. The molecule has 172 valence electrons. The SMILES string of the molecule is Cc1ccccc1-c1cccc(C)c1C(=O)N1CCCC(Nc2ccc(C(F)(F)F)cn2)C1. The predicted octanol–water partition coefficient (Wildman–Crippen LogP) is 6.10. The quantitative estimate of drug-likeness (QED) is 0.519. The highest BCUT2D eigenvalue weighted by Gasteiger charge is 2.31. The number of hydrogen-bond donors (Lipinski definition) is 1. The number of pyridine rings is 1. The van der Waals surface area contributed by atoms with Crippen LogP contribution in [0.1, 0.15) is 39.9 Å². The number of halogens is 3. The zero-order valence-electron chi connectivity index (χ0n) is 18.6. The second kappa shape index (κ2) is 9.25. The van der Waals surface area contributed by atoms with E-state index in [-0.39, 0.29) is 11.9 Å². The number of aryl methyl sites for hydroxylation is 2. The Bertz CT molecular complexity index is 1140. The summed E-state index contributed by atoms with van der Waals surface area (Å²) in [5, 5.41) is 3.19. The summed E-state index contributed by atoms with van der Waals surface area (Å²) >= 11 is 0. The molecule has 1 amide bonds. The Morgan fingerprint density at radius 1 is 1.00 bits per heavy atom. The molecule has 0 radical (unpaired) electrons. The monoisotopic (exact) mass is 453 g/mol. The van der Waals surface area contributed by atoms with Gasteiger partial charge in [0.15, 0.2) is 0 Å². The van der Waals surface area contributed by atoms with Crippen LogP contribution in [-0.4, -0.2) is 34.9 Å². The largest absolute Gasteiger partial charge is 0.417 e. The van der Waals surface area contributed by atoms with E-state index in [1.807, 2.05) is 61.2 Å². The molecule has 0 aliphatic carbocycles. The minimum absolute atomic E-state index is 0.0294. The van der Waals surface area contributed by atoms with Gasteiger partial charge in [-0.3, -0.25) is 4.79 Å². The summed E-state index contributed by atoms with van der Waals surface area (Å²) in [6.45, 7) is 5.08. The van der Waals surface area contributed by atoms with Crippen LogP contribution in [0.3, 0.4) is 0 Å². The zero-order chi connectivity index (χ0) is 23.6. The molecule has 3 aromatic rings. The second-order valence-electron chi connectivity index (χ2n) is 8.48. The molecule has 1 unspecified atom stereocenters. The fraction of sp³-hybridized carbons (Fsp3) is 0.308. The van der Waals surface area contributed by atoms with Crippen molar-refractivity contribution in [1.29, 1.82) is 0 Å². The van der Waals surface area contributed by atoms with E-state index in [2.05, 4.69) is 10.3 Å². The van der Waals surface area contributed by atoms with Crippen molar-refractivity contribution in [2.45, 2.75) is 38.9 Å². The number of anilines is 1. The molecule has 1 N–H and O–H groups in total.